The summed E-state index contributed by atoms with van der Waals surface area (Å²) in [5.41, 5.74) is -0.139. The van der Waals surface area contributed by atoms with Crippen LogP contribution in [0.2, 0.25) is 0 Å². The van der Waals surface area contributed by atoms with E-state index in [9.17, 15) is 4.39 Å². The lowest BCUT2D eigenvalue weighted by atomic mass is 9.96. The molecule has 0 bridgehead atoms. The van der Waals surface area contributed by atoms with Crippen molar-refractivity contribution in [1.29, 1.82) is 0 Å². The van der Waals surface area contributed by atoms with Crippen molar-refractivity contribution in [3.8, 4) is 5.75 Å². The SMILES string of the molecule is CC(C)(C)c1nccc(Sc2nnc(COc3ccc(F)cc3)o2)n1. The third-order valence-corrected chi connectivity index (χ3v) is 3.89. The fourth-order valence-corrected chi connectivity index (χ4v) is 2.52. The van der Waals surface area contributed by atoms with Gasteiger partial charge in [-0.15, -0.1) is 10.2 Å². The zero-order chi connectivity index (χ0) is 17.9. The molecular weight excluding hydrogens is 343 g/mol. The molecule has 6 nitrogen and oxygen atoms in total. The normalized spacial score (nSPS) is 11.5. The van der Waals surface area contributed by atoms with Gasteiger partial charge < -0.3 is 9.15 Å². The first-order valence-corrected chi connectivity index (χ1v) is 8.44. The molecule has 130 valence electrons. The number of halogens is 1. The number of benzene rings is 1. The van der Waals surface area contributed by atoms with Gasteiger partial charge in [0.05, 0.1) is 0 Å². The van der Waals surface area contributed by atoms with Crippen molar-refractivity contribution in [3.05, 3.63) is 54.1 Å². The highest BCUT2D eigenvalue weighted by Gasteiger charge is 2.18. The minimum Gasteiger partial charge on any atom is -0.484 e. The van der Waals surface area contributed by atoms with Gasteiger partial charge in [0.2, 0.25) is 0 Å². The molecule has 3 rings (SSSR count). The fourth-order valence-electron chi connectivity index (χ4n) is 1.86. The van der Waals surface area contributed by atoms with Crippen LogP contribution in [-0.2, 0) is 12.0 Å². The molecule has 25 heavy (non-hydrogen) atoms. The molecule has 2 heterocycles. The van der Waals surface area contributed by atoms with Gasteiger partial charge in [-0.2, -0.15) is 0 Å². The Morgan fingerprint density at radius 3 is 2.60 bits per heavy atom. The van der Waals surface area contributed by atoms with E-state index in [1.807, 2.05) is 20.8 Å². The number of hydrogen-bond acceptors (Lipinski definition) is 7. The number of aromatic nitrogens is 4. The third-order valence-electron chi connectivity index (χ3n) is 3.12. The van der Waals surface area contributed by atoms with Gasteiger partial charge in [0.15, 0.2) is 6.61 Å². The summed E-state index contributed by atoms with van der Waals surface area (Å²) >= 11 is 1.27. The van der Waals surface area contributed by atoms with Crippen molar-refractivity contribution in [2.75, 3.05) is 0 Å². The topological polar surface area (TPSA) is 73.9 Å². The molecule has 0 N–H and O–H groups in total. The average Bonchev–Trinajstić information content (AvgIpc) is 3.01. The Labute approximate surface area is 148 Å². The van der Waals surface area contributed by atoms with E-state index in [4.69, 9.17) is 9.15 Å². The molecule has 0 amide bonds. The summed E-state index contributed by atoms with van der Waals surface area (Å²) in [6.07, 6.45) is 1.71. The lowest BCUT2D eigenvalue weighted by molar-refractivity contribution is 0.252. The maximum absolute atomic E-state index is 12.9. The first kappa shape index (κ1) is 17.3. The second-order valence-electron chi connectivity index (χ2n) is 6.27. The zero-order valence-corrected chi connectivity index (χ0v) is 14.9. The van der Waals surface area contributed by atoms with Gasteiger partial charge in [0.25, 0.3) is 11.1 Å². The van der Waals surface area contributed by atoms with Crippen molar-refractivity contribution in [2.24, 2.45) is 0 Å². The Bertz CT molecular complexity index is 846. The van der Waals surface area contributed by atoms with E-state index in [2.05, 4.69) is 20.2 Å². The maximum atomic E-state index is 12.9. The highest BCUT2D eigenvalue weighted by atomic mass is 32.2. The second-order valence-corrected chi connectivity index (χ2v) is 7.25. The van der Waals surface area contributed by atoms with Crippen LogP contribution in [0.1, 0.15) is 32.5 Å². The Hall–Kier alpha value is -2.48. The molecule has 2 aromatic heterocycles. The lowest BCUT2D eigenvalue weighted by Crippen LogP contribution is -2.15. The van der Waals surface area contributed by atoms with Gasteiger partial charge >= 0.3 is 0 Å². The van der Waals surface area contributed by atoms with Crippen LogP contribution in [0, 0.1) is 5.82 Å². The Kier molecular flexibility index (Phi) is 4.98. The standard InChI is InChI=1S/C17H17FN4O2S/c1-17(2,3)15-19-9-8-14(20-15)25-16-22-21-13(24-16)10-23-12-6-4-11(18)5-7-12/h4-9H,10H2,1-3H3. The number of ether oxygens (including phenoxy) is 1. The van der Waals surface area contributed by atoms with Crippen molar-refractivity contribution in [1.82, 2.24) is 20.2 Å². The number of rotatable bonds is 5. The highest BCUT2D eigenvalue weighted by molar-refractivity contribution is 7.99. The van der Waals surface area contributed by atoms with Crippen LogP contribution in [-0.4, -0.2) is 20.2 Å². The third kappa shape index (κ3) is 4.76. The van der Waals surface area contributed by atoms with Gasteiger partial charge in [0.1, 0.15) is 22.4 Å². The predicted molar refractivity (Wildman–Crippen MR) is 89.9 cm³/mol. The van der Waals surface area contributed by atoms with Gasteiger partial charge in [-0.25, -0.2) is 14.4 Å². The molecule has 8 heteroatoms. The van der Waals surface area contributed by atoms with E-state index in [0.717, 1.165) is 10.9 Å². The molecule has 0 aliphatic heterocycles. The molecule has 0 atom stereocenters. The van der Waals surface area contributed by atoms with Crippen molar-refractivity contribution in [3.63, 3.8) is 0 Å². The van der Waals surface area contributed by atoms with Gasteiger partial charge in [-0.3, -0.25) is 0 Å². The van der Waals surface area contributed by atoms with Crippen LogP contribution in [0.3, 0.4) is 0 Å². The van der Waals surface area contributed by atoms with Gasteiger partial charge in [0, 0.05) is 11.6 Å². The van der Waals surface area contributed by atoms with Crippen molar-refractivity contribution < 1.29 is 13.5 Å². The summed E-state index contributed by atoms with van der Waals surface area (Å²) < 4.78 is 23.9. The predicted octanol–water partition coefficient (Wildman–Crippen LogP) is 4.03. The molecule has 0 fully saturated rings. The molecule has 0 radical (unpaired) electrons. The largest absolute Gasteiger partial charge is 0.484 e. The van der Waals surface area contributed by atoms with Gasteiger partial charge in [-0.05, 0) is 42.1 Å². The van der Waals surface area contributed by atoms with E-state index < -0.39 is 0 Å². The Balaban J connectivity index is 1.63. The summed E-state index contributed by atoms with van der Waals surface area (Å²) in [5, 5.41) is 9.01. The Morgan fingerprint density at radius 2 is 1.88 bits per heavy atom. The van der Waals surface area contributed by atoms with Gasteiger partial charge in [-0.1, -0.05) is 20.8 Å². The highest BCUT2D eigenvalue weighted by Crippen LogP contribution is 2.27. The first-order valence-electron chi connectivity index (χ1n) is 7.62. The zero-order valence-electron chi connectivity index (χ0n) is 14.1. The number of nitrogens with zero attached hydrogens (tertiary/aromatic N) is 4. The molecule has 3 aromatic rings. The summed E-state index contributed by atoms with van der Waals surface area (Å²) in [6, 6.07) is 7.52. The fraction of sp³-hybridized carbons (Fsp3) is 0.294. The van der Waals surface area contributed by atoms with E-state index >= 15 is 0 Å². The summed E-state index contributed by atoms with van der Waals surface area (Å²) in [6.45, 7) is 6.26. The first-order chi connectivity index (χ1) is 11.9. The summed E-state index contributed by atoms with van der Waals surface area (Å²) in [7, 11) is 0. The van der Waals surface area contributed by atoms with Crippen LogP contribution in [0.15, 0.2) is 51.2 Å². The monoisotopic (exact) mass is 360 g/mol. The lowest BCUT2D eigenvalue weighted by Gasteiger charge is -2.16. The van der Waals surface area contributed by atoms with E-state index in [-0.39, 0.29) is 17.8 Å². The second kappa shape index (κ2) is 7.18. The average molecular weight is 360 g/mol. The molecule has 0 aliphatic rings. The van der Waals surface area contributed by atoms with Crippen LogP contribution >= 0.6 is 11.8 Å². The summed E-state index contributed by atoms with van der Waals surface area (Å²) in [4.78, 5) is 8.80. The molecular formula is C17H17FN4O2S. The molecule has 0 saturated heterocycles. The molecule has 0 saturated carbocycles. The Morgan fingerprint density at radius 1 is 1.12 bits per heavy atom. The maximum Gasteiger partial charge on any atom is 0.283 e. The molecule has 0 unspecified atom stereocenters. The van der Waals surface area contributed by atoms with Crippen LogP contribution in [0.4, 0.5) is 4.39 Å². The summed E-state index contributed by atoms with van der Waals surface area (Å²) in [5.74, 6) is 1.29. The molecule has 0 aliphatic carbocycles. The van der Waals surface area contributed by atoms with Crippen LogP contribution < -0.4 is 4.74 Å². The van der Waals surface area contributed by atoms with Crippen molar-refractivity contribution in [2.45, 2.75) is 43.0 Å². The number of hydrogen-bond donors (Lipinski definition) is 0. The molecule has 1 aromatic carbocycles. The quantitative estimate of drug-likeness (QED) is 0.636. The van der Waals surface area contributed by atoms with Crippen LogP contribution in [0.25, 0.3) is 0 Å². The minimum absolute atomic E-state index is 0.107. The van der Waals surface area contributed by atoms with Crippen molar-refractivity contribution >= 4 is 11.8 Å². The van der Waals surface area contributed by atoms with Crippen LogP contribution in [0.5, 0.6) is 5.75 Å². The smallest absolute Gasteiger partial charge is 0.283 e. The van der Waals surface area contributed by atoms with E-state index in [1.54, 1.807) is 12.3 Å². The van der Waals surface area contributed by atoms with E-state index in [1.165, 1.54) is 36.0 Å². The molecule has 0 spiro atoms. The van der Waals surface area contributed by atoms with E-state index in [0.29, 0.717) is 16.9 Å². The minimum atomic E-state index is -0.316.